The molecule has 1 aliphatic rings. The van der Waals surface area contributed by atoms with Crippen LogP contribution in [0.1, 0.15) is 31.1 Å². The van der Waals surface area contributed by atoms with Gasteiger partial charge in [-0.3, -0.25) is 9.69 Å². The van der Waals surface area contributed by atoms with Gasteiger partial charge in [-0.25, -0.2) is 0 Å². The van der Waals surface area contributed by atoms with Crippen molar-refractivity contribution < 1.29 is 14.3 Å². The van der Waals surface area contributed by atoms with Crippen LogP contribution in [0.15, 0.2) is 30.3 Å². The van der Waals surface area contributed by atoms with E-state index < -0.39 is 5.41 Å². The second kappa shape index (κ2) is 8.30. The summed E-state index contributed by atoms with van der Waals surface area (Å²) in [6.07, 6.45) is 2.64. The van der Waals surface area contributed by atoms with Crippen LogP contribution in [0.25, 0.3) is 10.1 Å². The van der Waals surface area contributed by atoms with Gasteiger partial charge in [0.15, 0.2) is 0 Å². The summed E-state index contributed by atoms with van der Waals surface area (Å²) in [6, 6.07) is 10.8. The molecule has 3 rings (SSSR count). The second-order valence-electron chi connectivity index (χ2n) is 6.81. The highest BCUT2D eigenvalue weighted by molar-refractivity contribution is 7.19. The van der Waals surface area contributed by atoms with Crippen molar-refractivity contribution in [1.82, 2.24) is 4.90 Å². The van der Waals surface area contributed by atoms with E-state index in [0.717, 1.165) is 38.9 Å². The Morgan fingerprint density at radius 2 is 2.20 bits per heavy atom. The highest BCUT2D eigenvalue weighted by Crippen LogP contribution is 2.36. The molecule has 1 fully saturated rings. The predicted octanol–water partition coefficient (Wildman–Crippen LogP) is 4.08. The molecular weight excluding hydrogens is 334 g/mol. The number of thiophene rings is 1. The number of nitrogens with zero attached hydrogens (tertiary/aromatic N) is 1. The van der Waals surface area contributed by atoms with Crippen molar-refractivity contribution in [3.05, 3.63) is 35.2 Å². The molecular formula is C20H27NO3S. The van der Waals surface area contributed by atoms with Crippen molar-refractivity contribution >= 4 is 27.4 Å². The van der Waals surface area contributed by atoms with E-state index in [0.29, 0.717) is 13.2 Å². The number of esters is 1. The standard InChI is InChI=1S/C20H27NO3S/c1-3-24-19(22)20(10-12-23-2)9-6-11-21(15-20)14-17-13-16-7-4-5-8-18(16)25-17/h4-5,7-8,13H,3,6,9-12,14-15H2,1-2H3/t20-/m0/s1. The van der Waals surface area contributed by atoms with Crippen molar-refractivity contribution in [2.75, 3.05) is 33.4 Å². The lowest BCUT2D eigenvalue weighted by Gasteiger charge is -2.40. The van der Waals surface area contributed by atoms with Gasteiger partial charge in [-0.05, 0) is 50.2 Å². The van der Waals surface area contributed by atoms with E-state index in [1.165, 1.54) is 15.0 Å². The van der Waals surface area contributed by atoms with Crippen LogP contribution < -0.4 is 0 Å². The van der Waals surface area contributed by atoms with Gasteiger partial charge in [-0.15, -0.1) is 11.3 Å². The van der Waals surface area contributed by atoms with Crippen LogP contribution >= 0.6 is 11.3 Å². The highest BCUT2D eigenvalue weighted by Gasteiger charge is 2.43. The minimum atomic E-state index is -0.430. The van der Waals surface area contributed by atoms with E-state index in [9.17, 15) is 4.79 Å². The molecule has 0 bridgehead atoms. The van der Waals surface area contributed by atoms with Gasteiger partial charge in [-0.2, -0.15) is 0 Å². The number of carbonyl (C=O) groups excluding carboxylic acids is 1. The predicted molar refractivity (Wildman–Crippen MR) is 102 cm³/mol. The summed E-state index contributed by atoms with van der Waals surface area (Å²) in [7, 11) is 1.69. The summed E-state index contributed by atoms with van der Waals surface area (Å²) < 4.78 is 12.0. The van der Waals surface area contributed by atoms with Crippen LogP contribution in [0.3, 0.4) is 0 Å². The Hall–Kier alpha value is -1.43. The lowest BCUT2D eigenvalue weighted by molar-refractivity contribution is -0.160. The Kier molecular flexibility index (Phi) is 6.10. The largest absolute Gasteiger partial charge is 0.466 e. The van der Waals surface area contributed by atoms with E-state index in [-0.39, 0.29) is 5.97 Å². The highest BCUT2D eigenvalue weighted by atomic mass is 32.1. The maximum atomic E-state index is 12.7. The first-order valence-corrected chi connectivity index (χ1v) is 9.84. The molecule has 1 aromatic carbocycles. The number of rotatable bonds is 7. The van der Waals surface area contributed by atoms with Crippen molar-refractivity contribution in [3.8, 4) is 0 Å². The summed E-state index contributed by atoms with van der Waals surface area (Å²) in [5.41, 5.74) is -0.430. The lowest BCUT2D eigenvalue weighted by atomic mass is 9.77. The number of ether oxygens (including phenoxy) is 2. The zero-order valence-corrected chi connectivity index (χ0v) is 15.9. The molecule has 0 unspecified atom stereocenters. The molecule has 0 aliphatic carbocycles. The Balaban J connectivity index is 1.74. The lowest BCUT2D eigenvalue weighted by Crippen LogP contribution is -2.48. The van der Waals surface area contributed by atoms with Gasteiger partial charge >= 0.3 is 5.97 Å². The van der Waals surface area contributed by atoms with Crippen LogP contribution in [0.4, 0.5) is 0 Å². The van der Waals surface area contributed by atoms with Crippen LogP contribution in [-0.4, -0.2) is 44.3 Å². The zero-order valence-electron chi connectivity index (χ0n) is 15.1. The zero-order chi connectivity index (χ0) is 17.7. The SMILES string of the molecule is CCOC(=O)[C@]1(CCOC)CCCN(Cc2cc3ccccc3s2)C1. The smallest absolute Gasteiger partial charge is 0.313 e. The van der Waals surface area contributed by atoms with E-state index in [1.54, 1.807) is 7.11 Å². The second-order valence-corrected chi connectivity index (χ2v) is 7.98. The van der Waals surface area contributed by atoms with E-state index in [4.69, 9.17) is 9.47 Å². The fourth-order valence-corrected chi connectivity index (χ4v) is 4.86. The third-order valence-corrected chi connectivity index (χ3v) is 6.11. The molecule has 0 N–H and O–H groups in total. The number of fused-ring (bicyclic) bond motifs is 1. The normalized spacial score (nSPS) is 21.5. The topological polar surface area (TPSA) is 38.8 Å². The number of likely N-dealkylation sites (tertiary alicyclic amines) is 1. The average Bonchev–Trinajstić information content (AvgIpc) is 3.02. The first-order chi connectivity index (χ1) is 12.2. The summed E-state index contributed by atoms with van der Waals surface area (Å²) in [6.45, 7) is 5.58. The fourth-order valence-electron chi connectivity index (χ4n) is 3.75. The number of hydrogen-bond acceptors (Lipinski definition) is 5. The minimum Gasteiger partial charge on any atom is -0.466 e. The number of piperidine rings is 1. The molecule has 1 aromatic heterocycles. The van der Waals surface area contributed by atoms with Crippen molar-refractivity contribution in [2.45, 2.75) is 32.7 Å². The molecule has 4 nitrogen and oxygen atoms in total. The summed E-state index contributed by atoms with van der Waals surface area (Å²) in [4.78, 5) is 16.4. The molecule has 0 spiro atoms. The molecule has 0 amide bonds. The van der Waals surface area contributed by atoms with Gasteiger partial charge in [0, 0.05) is 36.4 Å². The first kappa shape index (κ1) is 18.4. The molecule has 25 heavy (non-hydrogen) atoms. The number of carbonyl (C=O) groups is 1. The Bertz CT molecular complexity index is 681. The molecule has 0 radical (unpaired) electrons. The van der Waals surface area contributed by atoms with Crippen LogP contribution in [0.2, 0.25) is 0 Å². The molecule has 136 valence electrons. The Morgan fingerprint density at radius 1 is 1.36 bits per heavy atom. The van der Waals surface area contributed by atoms with E-state index >= 15 is 0 Å². The van der Waals surface area contributed by atoms with Crippen LogP contribution in [0, 0.1) is 5.41 Å². The van der Waals surface area contributed by atoms with Gasteiger partial charge < -0.3 is 9.47 Å². The molecule has 1 aliphatic heterocycles. The fraction of sp³-hybridized carbons (Fsp3) is 0.550. The van der Waals surface area contributed by atoms with Crippen molar-refractivity contribution in [1.29, 1.82) is 0 Å². The summed E-state index contributed by atoms with van der Waals surface area (Å²) in [5.74, 6) is -0.0620. The molecule has 0 saturated carbocycles. The summed E-state index contributed by atoms with van der Waals surface area (Å²) in [5, 5.41) is 1.30. The number of hydrogen-bond donors (Lipinski definition) is 0. The maximum absolute atomic E-state index is 12.7. The monoisotopic (exact) mass is 361 g/mol. The van der Waals surface area contributed by atoms with Crippen LogP contribution in [0.5, 0.6) is 0 Å². The number of benzene rings is 1. The molecule has 2 aromatic rings. The van der Waals surface area contributed by atoms with Gasteiger partial charge in [0.2, 0.25) is 0 Å². The molecule has 2 heterocycles. The summed E-state index contributed by atoms with van der Waals surface area (Å²) >= 11 is 1.85. The Labute approximate surface area is 153 Å². The third-order valence-electron chi connectivity index (χ3n) is 5.01. The maximum Gasteiger partial charge on any atom is 0.313 e. The molecule has 1 saturated heterocycles. The molecule has 5 heteroatoms. The van der Waals surface area contributed by atoms with E-state index in [2.05, 4.69) is 35.2 Å². The van der Waals surface area contributed by atoms with Gasteiger partial charge in [0.05, 0.1) is 12.0 Å². The van der Waals surface area contributed by atoms with E-state index in [1.807, 2.05) is 18.3 Å². The third kappa shape index (κ3) is 4.22. The first-order valence-electron chi connectivity index (χ1n) is 9.03. The van der Waals surface area contributed by atoms with Gasteiger partial charge in [0.1, 0.15) is 0 Å². The number of methoxy groups -OCH3 is 1. The van der Waals surface area contributed by atoms with Crippen molar-refractivity contribution in [3.63, 3.8) is 0 Å². The van der Waals surface area contributed by atoms with Crippen molar-refractivity contribution in [2.24, 2.45) is 5.41 Å². The quantitative estimate of drug-likeness (QED) is 0.697. The molecule has 1 atom stereocenters. The van der Waals surface area contributed by atoms with Gasteiger partial charge in [-0.1, -0.05) is 18.2 Å². The van der Waals surface area contributed by atoms with Gasteiger partial charge in [0.25, 0.3) is 0 Å². The average molecular weight is 362 g/mol. The Morgan fingerprint density at radius 3 is 2.96 bits per heavy atom. The minimum absolute atomic E-state index is 0.0620. The van der Waals surface area contributed by atoms with Crippen LogP contribution in [-0.2, 0) is 20.8 Å².